The minimum Gasteiger partial charge on any atom is -0.444 e. The summed E-state index contributed by atoms with van der Waals surface area (Å²) in [6.07, 6.45) is 4.25. The van der Waals surface area contributed by atoms with Crippen LogP contribution in [0.2, 0.25) is 0 Å². The normalized spacial score (nSPS) is 21.7. The van der Waals surface area contributed by atoms with Crippen LogP contribution < -0.4 is 5.32 Å². The van der Waals surface area contributed by atoms with Crippen molar-refractivity contribution in [2.24, 2.45) is 0 Å². The van der Waals surface area contributed by atoms with Crippen molar-refractivity contribution >= 4 is 17.9 Å². The average Bonchev–Trinajstić information content (AvgIpc) is 2.47. The molecule has 4 heteroatoms. The maximum atomic E-state index is 12.1. The van der Waals surface area contributed by atoms with Gasteiger partial charge in [0.15, 0.2) is 0 Å². The number of thioether (sulfide) groups is 1. The van der Waals surface area contributed by atoms with Crippen LogP contribution in [0.5, 0.6) is 0 Å². The third-order valence-electron chi connectivity index (χ3n) is 4.41. The minimum absolute atomic E-state index is 0.175. The summed E-state index contributed by atoms with van der Waals surface area (Å²) < 4.78 is 5.43. The molecule has 0 spiro atoms. The van der Waals surface area contributed by atoms with Gasteiger partial charge in [0.1, 0.15) is 5.60 Å². The molecule has 1 aromatic rings. The summed E-state index contributed by atoms with van der Waals surface area (Å²) in [4.78, 5) is 13.4. The molecular weight excluding hydrogens is 330 g/mol. The average molecular weight is 364 g/mol. The molecule has 1 amide bonds. The Morgan fingerprint density at radius 2 is 1.64 bits per heavy atom. The van der Waals surface area contributed by atoms with Gasteiger partial charge < -0.3 is 10.1 Å². The van der Waals surface area contributed by atoms with E-state index in [1.807, 2.05) is 32.5 Å². The first-order chi connectivity index (χ1) is 11.5. The van der Waals surface area contributed by atoms with E-state index in [4.69, 9.17) is 4.74 Å². The highest BCUT2D eigenvalue weighted by atomic mass is 32.2. The van der Waals surface area contributed by atoms with E-state index in [9.17, 15) is 4.79 Å². The second-order valence-corrected chi connectivity index (χ2v) is 10.3. The highest BCUT2D eigenvalue weighted by molar-refractivity contribution is 8.00. The Balaban J connectivity index is 1.99. The van der Waals surface area contributed by atoms with Gasteiger partial charge in [-0.3, -0.25) is 0 Å². The van der Waals surface area contributed by atoms with Crippen LogP contribution in [0, 0.1) is 0 Å². The van der Waals surface area contributed by atoms with Crippen LogP contribution in [0.25, 0.3) is 0 Å². The number of benzene rings is 1. The fourth-order valence-corrected chi connectivity index (χ4v) is 4.37. The summed E-state index contributed by atoms with van der Waals surface area (Å²) in [5.74, 6) is 0. The molecule has 1 aliphatic carbocycles. The highest BCUT2D eigenvalue weighted by Gasteiger charge is 2.29. The zero-order chi connectivity index (χ0) is 18.7. The smallest absolute Gasteiger partial charge is 0.407 e. The maximum Gasteiger partial charge on any atom is 0.407 e. The van der Waals surface area contributed by atoms with E-state index in [0.29, 0.717) is 5.25 Å². The van der Waals surface area contributed by atoms with Crippen molar-refractivity contribution in [1.29, 1.82) is 0 Å². The molecule has 3 nitrogen and oxygen atoms in total. The summed E-state index contributed by atoms with van der Waals surface area (Å²) >= 11 is 1.88. The molecule has 0 heterocycles. The zero-order valence-electron chi connectivity index (χ0n) is 16.5. The lowest BCUT2D eigenvalue weighted by molar-refractivity contribution is 0.0495. The molecule has 0 radical (unpaired) electrons. The topological polar surface area (TPSA) is 38.3 Å². The number of hydrogen-bond donors (Lipinski definition) is 1. The van der Waals surface area contributed by atoms with E-state index in [1.165, 1.54) is 23.3 Å². The molecule has 2 unspecified atom stereocenters. The van der Waals surface area contributed by atoms with Crippen molar-refractivity contribution in [2.45, 2.75) is 94.4 Å². The van der Waals surface area contributed by atoms with Gasteiger partial charge in [-0.1, -0.05) is 45.7 Å². The summed E-state index contributed by atoms with van der Waals surface area (Å²) in [5, 5.41) is 3.50. The van der Waals surface area contributed by atoms with Crippen LogP contribution in [0.15, 0.2) is 29.2 Å². The Labute approximate surface area is 157 Å². The van der Waals surface area contributed by atoms with Crippen LogP contribution in [-0.4, -0.2) is 23.0 Å². The number of amides is 1. The second-order valence-electron chi connectivity index (χ2n) is 8.97. The molecule has 140 valence electrons. The van der Waals surface area contributed by atoms with E-state index in [1.54, 1.807) is 0 Å². The Hall–Kier alpha value is -1.16. The summed E-state index contributed by atoms with van der Waals surface area (Å²) in [5.41, 5.74) is 1.07. The second kappa shape index (κ2) is 8.03. The lowest BCUT2D eigenvalue weighted by Crippen LogP contribution is -2.45. The van der Waals surface area contributed by atoms with E-state index < -0.39 is 5.60 Å². The quantitative estimate of drug-likeness (QED) is 0.725. The Morgan fingerprint density at radius 3 is 2.20 bits per heavy atom. The van der Waals surface area contributed by atoms with Gasteiger partial charge >= 0.3 is 6.09 Å². The van der Waals surface area contributed by atoms with Gasteiger partial charge in [0.2, 0.25) is 0 Å². The molecular formula is C21H33NO2S. The number of carbonyl (C=O) groups excluding carboxylic acids is 1. The van der Waals surface area contributed by atoms with Crippen molar-refractivity contribution in [2.75, 3.05) is 0 Å². The third-order valence-corrected chi connectivity index (χ3v) is 5.82. The first-order valence-electron chi connectivity index (χ1n) is 9.31. The van der Waals surface area contributed by atoms with Crippen LogP contribution >= 0.6 is 11.8 Å². The van der Waals surface area contributed by atoms with Gasteiger partial charge in [0.05, 0.1) is 0 Å². The number of carbonyl (C=O) groups is 1. The minimum atomic E-state index is -0.454. The van der Waals surface area contributed by atoms with Crippen molar-refractivity contribution in [3.05, 3.63) is 29.8 Å². The van der Waals surface area contributed by atoms with Gasteiger partial charge in [-0.25, -0.2) is 4.79 Å². The molecule has 0 saturated heterocycles. The zero-order valence-corrected chi connectivity index (χ0v) is 17.3. The molecule has 1 aliphatic rings. The van der Waals surface area contributed by atoms with Crippen LogP contribution in [0.3, 0.4) is 0 Å². The number of rotatable bonds is 3. The van der Waals surface area contributed by atoms with Crippen molar-refractivity contribution in [3.63, 3.8) is 0 Å². The number of alkyl carbamates (subject to hydrolysis) is 1. The monoisotopic (exact) mass is 363 g/mol. The van der Waals surface area contributed by atoms with E-state index in [-0.39, 0.29) is 17.6 Å². The SMILES string of the molecule is CC(C)(C)OC(=O)NC1CCCCC1Sc1ccc(C(C)(C)C)cc1. The molecule has 2 atom stereocenters. The van der Waals surface area contributed by atoms with Gasteiger partial charge in [0.25, 0.3) is 0 Å². The lowest BCUT2D eigenvalue weighted by atomic mass is 9.87. The summed E-state index contributed by atoms with van der Waals surface area (Å²) in [6.45, 7) is 12.4. The summed E-state index contributed by atoms with van der Waals surface area (Å²) in [6, 6.07) is 9.05. The largest absolute Gasteiger partial charge is 0.444 e. The maximum absolute atomic E-state index is 12.1. The van der Waals surface area contributed by atoms with Crippen LogP contribution in [0.4, 0.5) is 4.79 Å². The predicted octanol–water partition coefficient (Wildman–Crippen LogP) is 5.91. The van der Waals surface area contributed by atoms with Gasteiger partial charge in [0, 0.05) is 16.2 Å². The van der Waals surface area contributed by atoms with Crippen LogP contribution in [0.1, 0.15) is 72.8 Å². The Kier molecular flexibility index (Phi) is 6.47. The van der Waals surface area contributed by atoms with E-state index in [2.05, 4.69) is 50.4 Å². The van der Waals surface area contributed by atoms with Crippen LogP contribution in [-0.2, 0) is 10.2 Å². The van der Waals surface area contributed by atoms with Gasteiger partial charge in [-0.15, -0.1) is 11.8 Å². The fraction of sp³-hybridized carbons (Fsp3) is 0.667. The first-order valence-corrected chi connectivity index (χ1v) is 10.2. The molecule has 0 bridgehead atoms. The molecule has 25 heavy (non-hydrogen) atoms. The number of ether oxygens (including phenoxy) is 1. The number of hydrogen-bond acceptors (Lipinski definition) is 3. The highest BCUT2D eigenvalue weighted by Crippen LogP contribution is 2.35. The van der Waals surface area contributed by atoms with Crippen molar-refractivity contribution in [3.8, 4) is 0 Å². The van der Waals surface area contributed by atoms with Gasteiger partial charge in [-0.2, -0.15) is 0 Å². The number of nitrogens with one attached hydrogen (secondary N) is 1. The molecule has 2 rings (SSSR count). The molecule has 0 aliphatic heterocycles. The molecule has 1 aromatic carbocycles. The summed E-state index contributed by atoms with van der Waals surface area (Å²) in [7, 11) is 0. The molecule has 1 N–H and O–H groups in total. The molecule has 0 aromatic heterocycles. The van der Waals surface area contributed by atoms with Crippen molar-refractivity contribution in [1.82, 2.24) is 5.32 Å². The van der Waals surface area contributed by atoms with Gasteiger partial charge in [-0.05, 0) is 56.7 Å². The van der Waals surface area contributed by atoms with Crippen molar-refractivity contribution < 1.29 is 9.53 Å². The standard InChI is InChI=1S/C21H33NO2S/c1-20(2,3)15-11-13-16(14-12-15)25-18-10-8-7-9-17(18)22-19(23)24-21(4,5)6/h11-14,17-18H,7-10H2,1-6H3,(H,22,23). The fourth-order valence-electron chi connectivity index (χ4n) is 3.07. The molecule has 1 fully saturated rings. The first kappa shape index (κ1) is 20.2. The lowest BCUT2D eigenvalue weighted by Gasteiger charge is -2.32. The predicted molar refractivity (Wildman–Crippen MR) is 106 cm³/mol. The van der Waals surface area contributed by atoms with E-state index in [0.717, 1.165) is 12.8 Å². The Bertz CT molecular complexity index is 569. The third kappa shape index (κ3) is 6.58. The molecule has 1 saturated carbocycles. The van der Waals surface area contributed by atoms with E-state index >= 15 is 0 Å². The Morgan fingerprint density at radius 1 is 1.04 bits per heavy atom.